The van der Waals surface area contributed by atoms with Gasteiger partial charge >= 0.3 is 0 Å². The van der Waals surface area contributed by atoms with Gasteiger partial charge in [-0.2, -0.15) is 0 Å². The first kappa shape index (κ1) is 24.0. The molecule has 0 bridgehead atoms. The second-order valence-corrected chi connectivity index (χ2v) is 9.00. The summed E-state index contributed by atoms with van der Waals surface area (Å²) >= 11 is 13.6. The zero-order valence-corrected chi connectivity index (χ0v) is 20.4. The lowest BCUT2D eigenvalue weighted by Crippen LogP contribution is -2.29. The molecule has 1 heterocycles. The van der Waals surface area contributed by atoms with Crippen molar-refractivity contribution in [1.82, 2.24) is 15.6 Å². The molecule has 168 valence electrons. The van der Waals surface area contributed by atoms with E-state index in [2.05, 4.69) is 22.8 Å². The number of rotatable bonds is 8. The van der Waals surface area contributed by atoms with Crippen LogP contribution in [0.4, 0.5) is 5.13 Å². The fourth-order valence-corrected chi connectivity index (χ4v) is 4.43. The van der Waals surface area contributed by atoms with E-state index in [1.165, 1.54) is 16.9 Å². The molecule has 2 aromatic carbocycles. The SMILES string of the molecule is CNC(=O)CCN(Cc1ccc(C)cc1)c1nc(-c2ccc(Cl)c(Cl)c2)c(C(=O)NC)s1. The smallest absolute Gasteiger partial charge is 0.263 e. The number of carbonyl (C=O) groups is 2. The molecule has 0 atom stereocenters. The molecule has 0 spiro atoms. The van der Waals surface area contributed by atoms with Crippen LogP contribution in [0.1, 0.15) is 27.2 Å². The average Bonchev–Trinajstić information content (AvgIpc) is 3.24. The van der Waals surface area contributed by atoms with Gasteiger partial charge < -0.3 is 15.5 Å². The minimum absolute atomic E-state index is 0.0632. The van der Waals surface area contributed by atoms with Crippen LogP contribution < -0.4 is 15.5 Å². The van der Waals surface area contributed by atoms with Gasteiger partial charge in [-0.1, -0.05) is 70.4 Å². The van der Waals surface area contributed by atoms with E-state index in [1.54, 1.807) is 32.3 Å². The summed E-state index contributed by atoms with van der Waals surface area (Å²) < 4.78 is 0. The molecule has 0 fully saturated rings. The lowest BCUT2D eigenvalue weighted by Gasteiger charge is -2.21. The Morgan fingerprint density at radius 3 is 2.38 bits per heavy atom. The van der Waals surface area contributed by atoms with E-state index in [1.807, 2.05) is 24.0 Å². The highest BCUT2D eigenvalue weighted by molar-refractivity contribution is 7.18. The number of amides is 2. The molecule has 0 unspecified atom stereocenters. The van der Waals surface area contributed by atoms with Crippen LogP contribution in [0, 0.1) is 6.92 Å². The zero-order valence-electron chi connectivity index (χ0n) is 18.0. The Balaban J connectivity index is 2.02. The van der Waals surface area contributed by atoms with Gasteiger partial charge in [-0.25, -0.2) is 4.98 Å². The maximum atomic E-state index is 12.6. The van der Waals surface area contributed by atoms with Crippen molar-refractivity contribution >= 4 is 51.5 Å². The predicted octanol–water partition coefficient (Wildman–Crippen LogP) is 4.93. The molecule has 32 heavy (non-hydrogen) atoms. The molecule has 0 aliphatic carbocycles. The minimum atomic E-state index is -0.239. The number of nitrogens with one attached hydrogen (secondary N) is 2. The standard InChI is InChI=1S/C23H24Cl2N4O2S/c1-14-4-6-15(7-5-14)13-29(11-10-19(30)26-2)23-28-20(21(32-23)22(31)27-3)16-8-9-17(24)18(25)12-16/h4-9,12H,10-11,13H2,1-3H3,(H,26,30)(H,27,31). The van der Waals surface area contributed by atoms with Crippen molar-refractivity contribution in [3.63, 3.8) is 0 Å². The average molecular weight is 491 g/mol. The largest absolute Gasteiger partial charge is 0.359 e. The third-order valence-electron chi connectivity index (χ3n) is 4.89. The first-order valence-electron chi connectivity index (χ1n) is 10.0. The summed E-state index contributed by atoms with van der Waals surface area (Å²) in [6.45, 7) is 3.04. The molecule has 0 aliphatic rings. The van der Waals surface area contributed by atoms with Crippen molar-refractivity contribution in [2.45, 2.75) is 19.9 Å². The van der Waals surface area contributed by atoms with E-state index in [-0.39, 0.29) is 11.8 Å². The lowest BCUT2D eigenvalue weighted by molar-refractivity contribution is -0.120. The van der Waals surface area contributed by atoms with Gasteiger partial charge in [0.25, 0.3) is 5.91 Å². The zero-order chi connectivity index (χ0) is 23.3. The van der Waals surface area contributed by atoms with E-state index in [0.29, 0.717) is 50.8 Å². The Bertz CT molecular complexity index is 1120. The van der Waals surface area contributed by atoms with Gasteiger partial charge in [-0.3, -0.25) is 9.59 Å². The molecule has 0 saturated heterocycles. The fraction of sp³-hybridized carbons (Fsp3) is 0.261. The summed E-state index contributed by atoms with van der Waals surface area (Å²) in [5, 5.41) is 6.79. The predicted molar refractivity (Wildman–Crippen MR) is 132 cm³/mol. The normalized spacial score (nSPS) is 10.7. The number of anilines is 1. The highest BCUT2D eigenvalue weighted by Gasteiger charge is 2.23. The molecular formula is C23H24Cl2N4O2S. The third kappa shape index (κ3) is 5.79. The van der Waals surface area contributed by atoms with Crippen LogP contribution in [0.5, 0.6) is 0 Å². The van der Waals surface area contributed by atoms with E-state index >= 15 is 0 Å². The number of benzene rings is 2. The first-order chi connectivity index (χ1) is 15.3. The Hall–Kier alpha value is -2.61. The summed E-state index contributed by atoms with van der Waals surface area (Å²) in [4.78, 5) is 31.8. The molecule has 0 saturated carbocycles. The Labute approximate surface area is 201 Å². The molecule has 0 radical (unpaired) electrons. The Kier molecular flexibility index (Phi) is 8.12. The second-order valence-electron chi connectivity index (χ2n) is 7.21. The van der Waals surface area contributed by atoms with Crippen LogP contribution in [0.25, 0.3) is 11.3 Å². The summed E-state index contributed by atoms with van der Waals surface area (Å²) in [7, 11) is 3.19. The summed E-state index contributed by atoms with van der Waals surface area (Å²) in [5.74, 6) is -0.303. The number of carbonyl (C=O) groups excluding carboxylic acids is 2. The van der Waals surface area contributed by atoms with Gasteiger partial charge in [0.2, 0.25) is 5.91 Å². The second kappa shape index (κ2) is 10.8. The van der Waals surface area contributed by atoms with Crippen LogP contribution in [-0.2, 0) is 11.3 Å². The van der Waals surface area contributed by atoms with Crippen molar-refractivity contribution in [1.29, 1.82) is 0 Å². The Morgan fingerprint density at radius 2 is 1.75 bits per heavy atom. The highest BCUT2D eigenvalue weighted by atomic mass is 35.5. The molecule has 9 heteroatoms. The monoisotopic (exact) mass is 490 g/mol. The molecule has 3 rings (SSSR count). The topological polar surface area (TPSA) is 74.3 Å². The number of thiazole rings is 1. The molecule has 6 nitrogen and oxygen atoms in total. The Morgan fingerprint density at radius 1 is 1.03 bits per heavy atom. The van der Waals surface area contributed by atoms with Gasteiger partial charge in [-0.05, 0) is 24.6 Å². The van der Waals surface area contributed by atoms with Gasteiger partial charge in [0, 0.05) is 39.2 Å². The number of aryl methyl sites for hydroxylation is 1. The van der Waals surface area contributed by atoms with Crippen molar-refractivity contribution in [3.8, 4) is 11.3 Å². The molecule has 1 aromatic heterocycles. The van der Waals surface area contributed by atoms with Crippen LogP contribution in [0.2, 0.25) is 10.0 Å². The molecule has 2 amide bonds. The maximum Gasteiger partial charge on any atom is 0.263 e. The molecule has 3 aromatic rings. The number of hydrogen-bond donors (Lipinski definition) is 2. The van der Waals surface area contributed by atoms with E-state index in [4.69, 9.17) is 28.2 Å². The fourth-order valence-electron chi connectivity index (χ4n) is 3.07. The minimum Gasteiger partial charge on any atom is -0.359 e. The van der Waals surface area contributed by atoms with E-state index in [9.17, 15) is 9.59 Å². The van der Waals surface area contributed by atoms with E-state index in [0.717, 1.165) is 5.56 Å². The lowest BCUT2D eigenvalue weighted by atomic mass is 10.1. The van der Waals surface area contributed by atoms with Crippen molar-refractivity contribution in [3.05, 3.63) is 68.5 Å². The van der Waals surface area contributed by atoms with E-state index < -0.39 is 0 Å². The summed E-state index contributed by atoms with van der Waals surface area (Å²) in [5.41, 5.74) is 3.47. The van der Waals surface area contributed by atoms with Gasteiger partial charge in [0.15, 0.2) is 5.13 Å². The summed E-state index contributed by atoms with van der Waals surface area (Å²) in [6, 6.07) is 13.4. The quantitative estimate of drug-likeness (QED) is 0.469. The number of aromatic nitrogens is 1. The number of halogens is 2. The summed E-state index contributed by atoms with van der Waals surface area (Å²) in [6.07, 6.45) is 0.305. The van der Waals surface area contributed by atoms with Crippen LogP contribution in [0.3, 0.4) is 0 Å². The van der Waals surface area contributed by atoms with Crippen molar-refractivity contribution in [2.24, 2.45) is 0 Å². The molecule has 0 aliphatic heterocycles. The maximum absolute atomic E-state index is 12.6. The number of nitrogens with zero attached hydrogens (tertiary/aromatic N) is 2. The number of hydrogen-bond acceptors (Lipinski definition) is 5. The van der Waals surface area contributed by atoms with Crippen LogP contribution in [0.15, 0.2) is 42.5 Å². The van der Waals surface area contributed by atoms with Gasteiger partial charge in [0.05, 0.1) is 15.7 Å². The van der Waals surface area contributed by atoms with Crippen LogP contribution in [-0.4, -0.2) is 37.4 Å². The first-order valence-corrected chi connectivity index (χ1v) is 11.6. The van der Waals surface area contributed by atoms with Gasteiger partial charge in [-0.15, -0.1) is 0 Å². The van der Waals surface area contributed by atoms with Crippen molar-refractivity contribution in [2.75, 3.05) is 25.5 Å². The molecule has 2 N–H and O–H groups in total. The van der Waals surface area contributed by atoms with Gasteiger partial charge in [0.1, 0.15) is 4.88 Å². The third-order valence-corrected chi connectivity index (χ3v) is 6.75. The van der Waals surface area contributed by atoms with Crippen LogP contribution >= 0.6 is 34.5 Å². The molecular weight excluding hydrogens is 467 g/mol. The van der Waals surface area contributed by atoms with Crippen molar-refractivity contribution < 1.29 is 9.59 Å². The highest BCUT2D eigenvalue weighted by Crippen LogP contribution is 2.36.